The largest absolute Gasteiger partial charge is 0.388 e. The van der Waals surface area contributed by atoms with E-state index in [9.17, 15) is 15.0 Å². The van der Waals surface area contributed by atoms with Crippen molar-refractivity contribution in [3.63, 3.8) is 0 Å². The first-order valence-electron chi connectivity index (χ1n) is 5.25. The van der Waals surface area contributed by atoms with Crippen molar-refractivity contribution in [2.45, 2.75) is 26.1 Å². The molecule has 0 saturated carbocycles. The van der Waals surface area contributed by atoms with E-state index in [1.54, 1.807) is 19.1 Å². The van der Waals surface area contributed by atoms with Crippen LogP contribution in [0.1, 0.15) is 24.3 Å². The van der Waals surface area contributed by atoms with E-state index in [1.807, 2.05) is 0 Å². The van der Waals surface area contributed by atoms with Gasteiger partial charge in [-0.2, -0.15) is 0 Å². The number of nitrogens with two attached hydrogens (primary N) is 1. The molecule has 0 spiro atoms. The summed E-state index contributed by atoms with van der Waals surface area (Å²) in [6.45, 7) is 3.06. The van der Waals surface area contributed by atoms with Crippen LogP contribution < -0.4 is 11.1 Å². The Morgan fingerprint density at radius 2 is 2.18 bits per heavy atom. The highest BCUT2D eigenvalue weighted by molar-refractivity contribution is 5.72. The summed E-state index contributed by atoms with van der Waals surface area (Å²) >= 11 is 0. The van der Waals surface area contributed by atoms with Gasteiger partial charge in [0.05, 0.1) is 5.69 Å². The van der Waals surface area contributed by atoms with E-state index in [0.717, 1.165) is 5.56 Å². The zero-order valence-electron chi connectivity index (χ0n) is 9.84. The van der Waals surface area contributed by atoms with Crippen molar-refractivity contribution >= 4 is 11.7 Å². The predicted octanol–water partition coefficient (Wildman–Crippen LogP) is -0.497. The number of nitrogens with zero attached hydrogens (tertiary/aromatic N) is 1. The Hall–Kier alpha value is -1.66. The molecule has 0 radical (unpaired) electrons. The molecule has 0 aliphatic rings. The molecule has 0 aromatic carbocycles. The number of aryl methyl sites for hydroxylation is 1. The lowest BCUT2D eigenvalue weighted by Gasteiger charge is -2.19. The molecule has 0 aliphatic carbocycles. The van der Waals surface area contributed by atoms with Crippen molar-refractivity contribution in [3.05, 3.63) is 23.4 Å². The van der Waals surface area contributed by atoms with Gasteiger partial charge in [0.1, 0.15) is 18.0 Å². The fourth-order valence-electron chi connectivity index (χ4n) is 1.40. The number of anilines is 1. The SMILES string of the molecule is CC(=O)NCC(O)C(O)c1nc(N)ccc1C. The first-order valence-corrected chi connectivity index (χ1v) is 5.25. The zero-order valence-corrected chi connectivity index (χ0v) is 9.84. The van der Waals surface area contributed by atoms with Crippen molar-refractivity contribution in [2.24, 2.45) is 0 Å². The van der Waals surface area contributed by atoms with Crippen LogP contribution in [0.4, 0.5) is 5.82 Å². The van der Waals surface area contributed by atoms with Crippen LogP contribution in [0, 0.1) is 6.92 Å². The Bertz CT molecular complexity index is 409. The molecule has 1 rings (SSSR count). The van der Waals surface area contributed by atoms with Gasteiger partial charge in [-0.3, -0.25) is 4.79 Å². The molecule has 5 N–H and O–H groups in total. The van der Waals surface area contributed by atoms with Crippen LogP contribution in [0.3, 0.4) is 0 Å². The fraction of sp³-hybridized carbons (Fsp3) is 0.455. The Balaban J connectivity index is 2.77. The molecule has 2 unspecified atom stereocenters. The second-order valence-electron chi connectivity index (χ2n) is 3.89. The van der Waals surface area contributed by atoms with Crippen LogP contribution in [0.5, 0.6) is 0 Å². The molecule has 1 aromatic rings. The number of amides is 1. The molecular formula is C11H17N3O3. The van der Waals surface area contributed by atoms with E-state index in [1.165, 1.54) is 6.92 Å². The van der Waals surface area contributed by atoms with Crippen molar-refractivity contribution in [1.82, 2.24) is 10.3 Å². The first kappa shape index (κ1) is 13.4. The van der Waals surface area contributed by atoms with Crippen molar-refractivity contribution in [1.29, 1.82) is 0 Å². The molecule has 0 saturated heterocycles. The third kappa shape index (κ3) is 3.69. The molecule has 2 atom stereocenters. The van der Waals surface area contributed by atoms with Crippen LogP contribution in [-0.4, -0.2) is 33.8 Å². The van der Waals surface area contributed by atoms with Crippen LogP contribution in [0.2, 0.25) is 0 Å². The third-order valence-electron chi connectivity index (χ3n) is 2.36. The summed E-state index contributed by atoms with van der Waals surface area (Å²) in [5.41, 5.74) is 6.57. The number of hydrogen-bond acceptors (Lipinski definition) is 5. The molecule has 1 heterocycles. The number of hydrogen-bond donors (Lipinski definition) is 4. The maximum absolute atomic E-state index is 10.7. The average molecular weight is 239 g/mol. The van der Waals surface area contributed by atoms with Gasteiger partial charge in [-0.05, 0) is 18.6 Å². The Kier molecular flexibility index (Phi) is 4.42. The maximum Gasteiger partial charge on any atom is 0.216 e. The van der Waals surface area contributed by atoms with Gasteiger partial charge in [0.25, 0.3) is 0 Å². The van der Waals surface area contributed by atoms with E-state index in [4.69, 9.17) is 5.73 Å². The van der Waals surface area contributed by atoms with E-state index in [2.05, 4.69) is 10.3 Å². The summed E-state index contributed by atoms with van der Waals surface area (Å²) in [6, 6.07) is 3.33. The number of nitrogens with one attached hydrogen (secondary N) is 1. The second kappa shape index (κ2) is 5.60. The van der Waals surface area contributed by atoms with Crippen LogP contribution in [-0.2, 0) is 4.79 Å². The van der Waals surface area contributed by atoms with Crippen LogP contribution >= 0.6 is 0 Å². The number of nitrogen functional groups attached to an aromatic ring is 1. The van der Waals surface area contributed by atoms with Gasteiger partial charge in [0.15, 0.2) is 0 Å². The molecule has 17 heavy (non-hydrogen) atoms. The van der Waals surface area contributed by atoms with Gasteiger partial charge in [0, 0.05) is 13.5 Å². The smallest absolute Gasteiger partial charge is 0.216 e. The number of carbonyl (C=O) groups is 1. The lowest BCUT2D eigenvalue weighted by Crippen LogP contribution is -2.34. The maximum atomic E-state index is 10.7. The van der Waals surface area contributed by atoms with Crippen molar-refractivity contribution < 1.29 is 15.0 Å². The molecule has 1 aromatic heterocycles. The van der Waals surface area contributed by atoms with Gasteiger partial charge in [-0.1, -0.05) is 6.07 Å². The quantitative estimate of drug-likeness (QED) is 0.566. The van der Waals surface area contributed by atoms with E-state index < -0.39 is 12.2 Å². The minimum atomic E-state index is -1.18. The highest BCUT2D eigenvalue weighted by Crippen LogP contribution is 2.19. The van der Waals surface area contributed by atoms with Gasteiger partial charge < -0.3 is 21.3 Å². The standard InChI is InChI=1S/C11H17N3O3/c1-6-3-4-9(12)14-10(6)11(17)8(16)5-13-7(2)15/h3-4,8,11,16-17H,5H2,1-2H3,(H2,12,14)(H,13,15). The Morgan fingerprint density at radius 3 is 2.76 bits per heavy atom. The Labute approximate surface area is 99.5 Å². The topological polar surface area (TPSA) is 108 Å². The number of pyridine rings is 1. The Morgan fingerprint density at radius 1 is 1.53 bits per heavy atom. The summed E-state index contributed by atoms with van der Waals surface area (Å²) in [4.78, 5) is 14.7. The highest BCUT2D eigenvalue weighted by atomic mass is 16.3. The minimum absolute atomic E-state index is 0.0353. The molecule has 1 amide bonds. The number of aromatic nitrogens is 1. The first-order chi connectivity index (χ1) is 7.91. The lowest BCUT2D eigenvalue weighted by atomic mass is 10.1. The van der Waals surface area contributed by atoms with Gasteiger partial charge in [0.2, 0.25) is 5.91 Å². The molecule has 0 fully saturated rings. The zero-order chi connectivity index (χ0) is 13.0. The number of carbonyl (C=O) groups excluding carboxylic acids is 1. The summed E-state index contributed by atoms with van der Waals surface area (Å²) in [6.07, 6.45) is -2.29. The molecular weight excluding hydrogens is 222 g/mol. The molecule has 0 aliphatic heterocycles. The van der Waals surface area contributed by atoms with Crippen LogP contribution in [0.25, 0.3) is 0 Å². The summed E-state index contributed by atoms with van der Waals surface area (Å²) < 4.78 is 0. The molecule has 94 valence electrons. The van der Waals surface area contributed by atoms with Gasteiger partial charge in [-0.25, -0.2) is 4.98 Å². The minimum Gasteiger partial charge on any atom is -0.388 e. The summed E-state index contributed by atoms with van der Waals surface area (Å²) in [5, 5.41) is 22.0. The lowest BCUT2D eigenvalue weighted by molar-refractivity contribution is -0.119. The van der Waals surface area contributed by atoms with E-state index >= 15 is 0 Å². The number of aliphatic hydroxyl groups excluding tert-OH is 2. The predicted molar refractivity (Wildman–Crippen MR) is 63.0 cm³/mol. The second-order valence-corrected chi connectivity index (χ2v) is 3.89. The van der Waals surface area contributed by atoms with Crippen molar-refractivity contribution in [3.8, 4) is 0 Å². The molecule has 0 bridgehead atoms. The summed E-state index contributed by atoms with van der Waals surface area (Å²) in [7, 11) is 0. The average Bonchev–Trinajstić information content (AvgIpc) is 2.28. The number of aliphatic hydroxyl groups is 2. The van der Waals surface area contributed by atoms with E-state index in [-0.39, 0.29) is 18.3 Å². The number of rotatable bonds is 4. The van der Waals surface area contributed by atoms with Gasteiger partial charge in [-0.15, -0.1) is 0 Å². The van der Waals surface area contributed by atoms with E-state index in [0.29, 0.717) is 5.69 Å². The van der Waals surface area contributed by atoms with Crippen LogP contribution in [0.15, 0.2) is 12.1 Å². The van der Waals surface area contributed by atoms with Crippen molar-refractivity contribution in [2.75, 3.05) is 12.3 Å². The normalized spacial score (nSPS) is 14.1. The summed E-state index contributed by atoms with van der Waals surface area (Å²) in [5.74, 6) is 0.00452. The molecule has 6 nitrogen and oxygen atoms in total. The molecule has 6 heteroatoms. The van der Waals surface area contributed by atoms with Gasteiger partial charge >= 0.3 is 0 Å². The third-order valence-corrected chi connectivity index (χ3v) is 2.36. The highest BCUT2D eigenvalue weighted by Gasteiger charge is 2.21. The fourth-order valence-corrected chi connectivity index (χ4v) is 1.40. The monoisotopic (exact) mass is 239 g/mol.